The average Bonchev–Trinajstić information content (AvgIpc) is 3.04. The summed E-state index contributed by atoms with van der Waals surface area (Å²) in [6.45, 7) is 0.195. The van der Waals surface area contributed by atoms with Crippen molar-refractivity contribution in [2.45, 2.75) is 18.4 Å². The van der Waals surface area contributed by atoms with Crippen molar-refractivity contribution in [3.05, 3.63) is 95.6 Å². The number of aliphatic hydroxyl groups is 1. The van der Waals surface area contributed by atoms with E-state index >= 15 is 0 Å². The number of carbonyl (C=O) groups is 1. The monoisotopic (exact) mass is 359 g/mol. The lowest BCUT2D eigenvalue weighted by molar-refractivity contribution is 0.0479. The van der Waals surface area contributed by atoms with Crippen molar-refractivity contribution in [1.29, 1.82) is 0 Å². The second-order valence-electron chi connectivity index (χ2n) is 6.94. The number of nitrogens with one attached hydrogen (secondary N) is 1. The number of hydrogen-bond donors (Lipinski definition) is 2. The van der Waals surface area contributed by atoms with Gasteiger partial charge in [0.15, 0.2) is 0 Å². The normalized spacial score (nSPS) is 14.4. The molecule has 4 nitrogen and oxygen atoms in total. The highest BCUT2D eigenvalue weighted by Gasteiger charge is 2.35. The Kier molecular flexibility index (Phi) is 4.65. The Hall–Kier alpha value is -3.11. The molecule has 0 atom stereocenters. The largest absolute Gasteiger partial charge is 0.457 e. The molecule has 1 aliphatic rings. The fourth-order valence-corrected chi connectivity index (χ4v) is 3.50. The van der Waals surface area contributed by atoms with Gasteiger partial charge in [0, 0.05) is 19.4 Å². The molecule has 1 amide bonds. The van der Waals surface area contributed by atoms with E-state index in [1.165, 1.54) is 0 Å². The molecule has 0 heterocycles. The molecule has 3 aromatic rings. The Morgan fingerprint density at radius 3 is 2.19 bits per heavy atom. The fourth-order valence-electron chi connectivity index (χ4n) is 3.50. The zero-order chi connectivity index (χ0) is 18.7. The zero-order valence-electron chi connectivity index (χ0n) is 14.9. The van der Waals surface area contributed by atoms with Crippen LogP contribution in [-0.2, 0) is 12.8 Å². The van der Waals surface area contributed by atoms with Gasteiger partial charge in [-0.25, -0.2) is 0 Å². The minimum Gasteiger partial charge on any atom is -0.457 e. The van der Waals surface area contributed by atoms with Gasteiger partial charge in [-0.15, -0.1) is 0 Å². The lowest BCUT2D eigenvalue weighted by atomic mass is 10.0. The highest BCUT2D eigenvalue weighted by Crippen LogP contribution is 2.30. The first-order valence-electron chi connectivity index (χ1n) is 9.02. The maximum absolute atomic E-state index is 12.7. The zero-order valence-corrected chi connectivity index (χ0v) is 14.9. The average molecular weight is 359 g/mol. The standard InChI is InChI=1S/C23H21NO3/c25-22(24-16-23(26)14-17-8-4-5-9-18(17)15-23)20-12-6-7-13-21(20)27-19-10-2-1-3-11-19/h1-13,26H,14-16H2,(H,24,25). The van der Waals surface area contributed by atoms with Crippen LogP contribution >= 0.6 is 0 Å². The van der Waals surface area contributed by atoms with Crippen LogP contribution in [0.5, 0.6) is 11.5 Å². The lowest BCUT2D eigenvalue weighted by Crippen LogP contribution is -2.43. The van der Waals surface area contributed by atoms with Gasteiger partial charge < -0.3 is 15.2 Å². The molecule has 3 aromatic carbocycles. The third-order valence-corrected chi connectivity index (χ3v) is 4.84. The number of carbonyl (C=O) groups excluding carboxylic acids is 1. The van der Waals surface area contributed by atoms with Crippen LogP contribution in [0, 0.1) is 0 Å². The van der Waals surface area contributed by atoms with Gasteiger partial charge in [0.2, 0.25) is 0 Å². The highest BCUT2D eigenvalue weighted by molar-refractivity contribution is 5.97. The van der Waals surface area contributed by atoms with Gasteiger partial charge in [-0.05, 0) is 35.4 Å². The molecule has 1 aliphatic carbocycles. The van der Waals surface area contributed by atoms with E-state index in [0.717, 1.165) is 11.1 Å². The molecule has 0 saturated heterocycles. The maximum atomic E-state index is 12.7. The van der Waals surface area contributed by atoms with Crippen molar-refractivity contribution in [2.75, 3.05) is 6.54 Å². The molecule has 4 rings (SSSR count). The molecule has 0 bridgehead atoms. The van der Waals surface area contributed by atoms with E-state index in [4.69, 9.17) is 4.74 Å². The van der Waals surface area contributed by atoms with Crippen molar-refractivity contribution in [1.82, 2.24) is 5.32 Å². The molecule has 136 valence electrons. The van der Waals surface area contributed by atoms with Crippen LogP contribution in [0.25, 0.3) is 0 Å². The molecular weight excluding hydrogens is 338 g/mol. The third kappa shape index (κ3) is 3.86. The summed E-state index contributed by atoms with van der Waals surface area (Å²) in [4.78, 5) is 12.7. The van der Waals surface area contributed by atoms with E-state index in [-0.39, 0.29) is 12.5 Å². The predicted octanol–water partition coefficient (Wildman–Crippen LogP) is 3.74. The Bertz CT molecular complexity index is 928. The number of amides is 1. The van der Waals surface area contributed by atoms with Crippen molar-refractivity contribution >= 4 is 5.91 Å². The molecule has 0 unspecified atom stereocenters. The van der Waals surface area contributed by atoms with Crippen LogP contribution in [-0.4, -0.2) is 23.2 Å². The molecular formula is C23H21NO3. The summed E-state index contributed by atoms with van der Waals surface area (Å²) in [7, 11) is 0. The van der Waals surface area contributed by atoms with Crippen LogP contribution in [0.1, 0.15) is 21.5 Å². The summed E-state index contributed by atoms with van der Waals surface area (Å²) >= 11 is 0. The van der Waals surface area contributed by atoms with Gasteiger partial charge in [-0.1, -0.05) is 54.6 Å². The van der Waals surface area contributed by atoms with E-state index in [2.05, 4.69) is 5.32 Å². The summed E-state index contributed by atoms with van der Waals surface area (Å²) in [5, 5.41) is 13.7. The fraction of sp³-hybridized carbons (Fsp3) is 0.174. The van der Waals surface area contributed by atoms with Crippen molar-refractivity contribution in [3.8, 4) is 11.5 Å². The van der Waals surface area contributed by atoms with Gasteiger partial charge in [0.1, 0.15) is 11.5 Å². The van der Waals surface area contributed by atoms with E-state index < -0.39 is 5.60 Å². The van der Waals surface area contributed by atoms with Gasteiger partial charge in [0.25, 0.3) is 5.91 Å². The predicted molar refractivity (Wildman–Crippen MR) is 104 cm³/mol. The van der Waals surface area contributed by atoms with E-state index in [1.807, 2.05) is 60.7 Å². The summed E-state index contributed by atoms with van der Waals surface area (Å²) in [6.07, 6.45) is 1.09. The maximum Gasteiger partial charge on any atom is 0.255 e. The minimum atomic E-state index is -0.950. The first kappa shape index (κ1) is 17.3. The third-order valence-electron chi connectivity index (χ3n) is 4.84. The van der Waals surface area contributed by atoms with Crippen LogP contribution < -0.4 is 10.1 Å². The van der Waals surface area contributed by atoms with Crippen LogP contribution in [0.4, 0.5) is 0 Å². The number of fused-ring (bicyclic) bond motifs is 1. The first-order chi connectivity index (χ1) is 13.1. The van der Waals surface area contributed by atoms with Crippen molar-refractivity contribution in [3.63, 3.8) is 0 Å². The molecule has 0 fully saturated rings. The SMILES string of the molecule is O=C(NCC1(O)Cc2ccccc2C1)c1ccccc1Oc1ccccc1. The number of ether oxygens (including phenoxy) is 1. The molecule has 2 N–H and O–H groups in total. The van der Waals surface area contributed by atoms with Gasteiger partial charge in [-0.2, -0.15) is 0 Å². The smallest absolute Gasteiger partial charge is 0.255 e. The van der Waals surface area contributed by atoms with Crippen LogP contribution in [0.3, 0.4) is 0 Å². The number of para-hydroxylation sites is 2. The second-order valence-corrected chi connectivity index (χ2v) is 6.94. The van der Waals surface area contributed by atoms with Crippen molar-refractivity contribution < 1.29 is 14.6 Å². The van der Waals surface area contributed by atoms with Gasteiger partial charge in [0.05, 0.1) is 11.2 Å². The van der Waals surface area contributed by atoms with E-state index in [1.54, 1.807) is 18.2 Å². The van der Waals surface area contributed by atoms with Crippen molar-refractivity contribution in [2.24, 2.45) is 0 Å². The van der Waals surface area contributed by atoms with Crippen LogP contribution in [0.2, 0.25) is 0 Å². The number of benzene rings is 3. The summed E-state index contributed by atoms with van der Waals surface area (Å²) < 4.78 is 5.85. The van der Waals surface area contributed by atoms with Gasteiger partial charge in [-0.3, -0.25) is 4.79 Å². The number of hydrogen-bond acceptors (Lipinski definition) is 3. The Morgan fingerprint density at radius 2 is 1.48 bits per heavy atom. The molecule has 0 spiro atoms. The molecule has 0 saturated carbocycles. The topological polar surface area (TPSA) is 58.6 Å². The minimum absolute atomic E-state index is 0.195. The highest BCUT2D eigenvalue weighted by atomic mass is 16.5. The molecule has 4 heteroatoms. The van der Waals surface area contributed by atoms with Gasteiger partial charge >= 0.3 is 0 Å². The molecule has 0 radical (unpaired) electrons. The van der Waals surface area contributed by atoms with E-state index in [0.29, 0.717) is 29.9 Å². The van der Waals surface area contributed by atoms with Crippen LogP contribution in [0.15, 0.2) is 78.9 Å². The molecule has 0 aliphatic heterocycles. The molecule has 0 aromatic heterocycles. The Balaban J connectivity index is 1.45. The summed E-state index contributed by atoms with van der Waals surface area (Å²) in [5.74, 6) is 0.899. The number of rotatable bonds is 5. The molecule has 27 heavy (non-hydrogen) atoms. The summed E-state index contributed by atoms with van der Waals surface area (Å²) in [5.41, 5.74) is 1.78. The lowest BCUT2D eigenvalue weighted by Gasteiger charge is -2.23. The first-order valence-corrected chi connectivity index (χ1v) is 9.02. The van der Waals surface area contributed by atoms with E-state index in [9.17, 15) is 9.90 Å². The quantitative estimate of drug-likeness (QED) is 0.730. The Morgan fingerprint density at radius 1 is 0.889 bits per heavy atom. The second kappa shape index (κ2) is 7.25. The summed E-state index contributed by atoms with van der Waals surface area (Å²) in [6, 6.07) is 24.5. The Labute approximate surface area is 158 Å².